The van der Waals surface area contributed by atoms with Gasteiger partial charge in [-0.05, 0) is 18.8 Å². The fourth-order valence-corrected chi connectivity index (χ4v) is 4.54. The first-order valence-electron chi connectivity index (χ1n) is 8.70. The van der Waals surface area contributed by atoms with E-state index in [-0.39, 0.29) is 10.9 Å². The number of nitrogens with one attached hydrogen (secondary N) is 1. The third kappa shape index (κ3) is 4.42. The van der Waals surface area contributed by atoms with Crippen LogP contribution in [-0.2, 0) is 10.0 Å². The van der Waals surface area contributed by atoms with E-state index in [1.807, 2.05) is 30.3 Å². The lowest BCUT2D eigenvalue weighted by molar-refractivity contribution is 0.294. The van der Waals surface area contributed by atoms with Crippen LogP contribution in [0.1, 0.15) is 32.1 Å². The van der Waals surface area contributed by atoms with E-state index >= 15 is 0 Å². The highest BCUT2D eigenvalue weighted by atomic mass is 32.2. The van der Waals surface area contributed by atoms with E-state index in [0.29, 0.717) is 18.3 Å². The van der Waals surface area contributed by atoms with Crippen molar-refractivity contribution in [3.8, 4) is 11.4 Å². The first-order chi connectivity index (χ1) is 12.1. The summed E-state index contributed by atoms with van der Waals surface area (Å²) in [6.07, 6.45) is 8.24. The van der Waals surface area contributed by atoms with Gasteiger partial charge in [0, 0.05) is 18.2 Å². The number of sulfonamides is 1. The molecule has 7 heteroatoms. The zero-order chi connectivity index (χ0) is 17.7. The van der Waals surface area contributed by atoms with E-state index in [1.54, 1.807) is 0 Å². The number of hydrogen-bond acceptors (Lipinski definition) is 5. The second-order valence-corrected chi connectivity index (χ2v) is 8.18. The number of nitrogens with two attached hydrogens (primary N) is 1. The molecule has 1 aromatic heterocycles. The van der Waals surface area contributed by atoms with Gasteiger partial charge in [-0.3, -0.25) is 0 Å². The predicted molar refractivity (Wildman–Crippen MR) is 97.2 cm³/mol. The molecule has 1 aliphatic carbocycles. The van der Waals surface area contributed by atoms with Crippen LogP contribution >= 0.6 is 0 Å². The van der Waals surface area contributed by atoms with Crippen molar-refractivity contribution in [1.29, 1.82) is 0 Å². The maximum atomic E-state index is 12.6. The minimum absolute atomic E-state index is 0.0708. The van der Waals surface area contributed by atoms with Crippen molar-refractivity contribution >= 4 is 10.0 Å². The Kier molecular flexibility index (Phi) is 5.78. The highest BCUT2D eigenvalue weighted by molar-refractivity contribution is 7.89. The van der Waals surface area contributed by atoms with E-state index in [2.05, 4.69) is 14.7 Å². The summed E-state index contributed by atoms with van der Waals surface area (Å²) in [5.41, 5.74) is 6.68. The summed E-state index contributed by atoms with van der Waals surface area (Å²) in [5, 5.41) is 0. The summed E-state index contributed by atoms with van der Waals surface area (Å²) in [4.78, 5) is 8.47. The van der Waals surface area contributed by atoms with Crippen molar-refractivity contribution in [1.82, 2.24) is 14.7 Å². The standard InChI is InChI=1S/C18H24N4O2S/c19-11-17(14-7-3-1-4-8-14)22-25(23,24)16-12-20-18(21-13-16)15-9-5-2-6-10-15/h2,5-6,9-10,12-14,17,22H,1,3-4,7-8,11,19H2. The monoisotopic (exact) mass is 360 g/mol. The Labute approximate surface area is 148 Å². The molecule has 0 amide bonds. The van der Waals surface area contributed by atoms with Gasteiger partial charge in [0.15, 0.2) is 5.82 Å². The fourth-order valence-electron chi connectivity index (χ4n) is 3.33. The molecule has 3 rings (SSSR count). The van der Waals surface area contributed by atoms with Crippen LogP contribution in [0.15, 0.2) is 47.6 Å². The van der Waals surface area contributed by atoms with Crippen LogP contribution < -0.4 is 10.5 Å². The lowest BCUT2D eigenvalue weighted by atomic mass is 9.84. The summed E-state index contributed by atoms with van der Waals surface area (Å²) in [6.45, 7) is 0.298. The molecule has 6 nitrogen and oxygen atoms in total. The summed E-state index contributed by atoms with van der Waals surface area (Å²) in [7, 11) is -3.67. The number of benzene rings is 1. The minimum atomic E-state index is -3.67. The van der Waals surface area contributed by atoms with Gasteiger partial charge in [-0.1, -0.05) is 49.6 Å². The Morgan fingerprint density at radius 3 is 2.32 bits per heavy atom. The van der Waals surface area contributed by atoms with Gasteiger partial charge in [0.25, 0.3) is 0 Å². The number of rotatable bonds is 6. The van der Waals surface area contributed by atoms with Gasteiger partial charge in [-0.2, -0.15) is 0 Å². The molecule has 1 aromatic carbocycles. The van der Waals surface area contributed by atoms with Crippen LogP contribution in [0, 0.1) is 5.92 Å². The quantitative estimate of drug-likeness (QED) is 0.824. The van der Waals surface area contributed by atoms with Crippen molar-refractivity contribution in [2.24, 2.45) is 11.7 Å². The molecule has 1 heterocycles. The second-order valence-electron chi connectivity index (χ2n) is 6.47. The molecule has 0 saturated heterocycles. The Morgan fingerprint density at radius 2 is 1.72 bits per heavy atom. The molecule has 1 fully saturated rings. The van der Waals surface area contributed by atoms with Crippen LogP contribution in [-0.4, -0.2) is 31.0 Å². The predicted octanol–water partition coefficient (Wildman–Crippen LogP) is 2.33. The zero-order valence-electron chi connectivity index (χ0n) is 14.1. The van der Waals surface area contributed by atoms with Crippen LogP contribution in [0.2, 0.25) is 0 Å². The first-order valence-corrected chi connectivity index (χ1v) is 10.2. The van der Waals surface area contributed by atoms with Gasteiger partial charge >= 0.3 is 0 Å². The van der Waals surface area contributed by atoms with E-state index in [1.165, 1.54) is 18.8 Å². The number of aromatic nitrogens is 2. The normalized spacial score (nSPS) is 17.3. The third-order valence-electron chi connectivity index (χ3n) is 4.75. The average molecular weight is 360 g/mol. The van der Waals surface area contributed by atoms with Crippen LogP contribution in [0.5, 0.6) is 0 Å². The average Bonchev–Trinajstić information content (AvgIpc) is 2.67. The molecular weight excluding hydrogens is 336 g/mol. The molecule has 25 heavy (non-hydrogen) atoms. The van der Waals surface area contributed by atoms with Crippen molar-refractivity contribution in [2.75, 3.05) is 6.54 Å². The molecule has 1 unspecified atom stereocenters. The molecule has 134 valence electrons. The molecule has 1 atom stereocenters. The van der Waals surface area contributed by atoms with E-state index in [9.17, 15) is 8.42 Å². The van der Waals surface area contributed by atoms with Crippen LogP contribution in [0.4, 0.5) is 0 Å². The van der Waals surface area contributed by atoms with Gasteiger partial charge in [-0.15, -0.1) is 0 Å². The molecule has 0 aliphatic heterocycles. The summed E-state index contributed by atoms with van der Waals surface area (Å²) < 4.78 is 28.0. The van der Waals surface area contributed by atoms with E-state index in [0.717, 1.165) is 31.2 Å². The Hall–Kier alpha value is -1.83. The van der Waals surface area contributed by atoms with Gasteiger partial charge in [-0.25, -0.2) is 23.1 Å². The van der Waals surface area contributed by atoms with E-state index < -0.39 is 10.0 Å². The molecular formula is C18H24N4O2S. The van der Waals surface area contributed by atoms with Crippen LogP contribution in [0.3, 0.4) is 0 Å². The largest absolute Gasteiger partial charge is 0.329 e. The van der Waals surface area contributed by atoms with Gasteiger partial charge in [0.2, 0.25) is 10.0 Å². The smallest absolute Gasteiger partial charge is 0.243 e. The molecule has 2 aromatic rings. The summed E-state index contributed by atoms with van der Waals surface area (Å²) >= 11 is 0. The highest BCUT2D eigenvalue weighted by Gasteiger charge is 2.27. The van der Waals surface area contributed by atoms with Gasteiger partial charge in [0.05, 0.1) is 12.4 Å². The first kappa shape index (κ1) is 18.0. The molecule has 0 spiro atoms. The molecule has 0 bridgehead atoms. The lowest BCUT2D eigenvalue weighted by Crippen LogP contribution is -2.45. The minimum Gasteiger partial charge on any atom is -0.329 e. The Balaban J connectivity index is 1.75. The van der Waals surface area contributed by atoms with Gasteiger partial charge < -0.3 is 5.73 Å². The third-order valence-corrected chi connectivity index (χ3v) is 6.19. The molecule has 3 N–H and O–H groups in total. The van der Waals surface area contributed by atoms with Crippen molar-refractivity contribution in [2.45, 2.75) is 43.0 Å². The van der Waals surface area contributed by atoms with Crippen molar-refractivity contribution < 1.29 is 8.42 Å². The summed E-state index contributed by atoms with van der Waals surface area (Å²) in [5.74, 6) is 0.806. The van der Waals surface area contributed by atoms with Crippen molar-refractivity contribution in [3.05, 3.63) is 42.7 Å². The number of nitrogens with zero attached hydrogens (tertiary/aromatic N) is 2. The van der Waals surface area contributed by atoms with E-state index in [4.69, 9.17) is 5.73 Å². The molecule has 1 aliphatic rings. The Morgan fingerprint density at radius 1 is 1.08 bits per heavy atom. The second kappa shape index (κ2) is 8.03. The lowest BCUT2D eigenvalue weighted by Gasteiger charge is -2.29. The zero-order valence-corrected chi connectivity index (χ0v) is 15.0. The fraction of sp³-hybridized carbons (Fsp3) is 0.444. The topological polar surface area (TPSA) is 98.0 Å². The summed E-state index contributed by atoms with van der Waals surface area (Å²) in [6, 6.07) is 9.22. The van der Waals surface area contributed by atoms with Crippen molar-refractivity contribution in [3.63, 3.8) is 0 Å². The van der Waals surface area contributed by atoms with Crippen LogP contribution in [0.25, 0.3) is 11.4 Å². The molecule has 0 radical (unpaired) electrons. The highest BCUT2D eigenvalue weighted by Crippen LogP contribution is 2.27. The molecule has 1 saturated carbocycles. The maximum absolute atomic E-state index is 12.6. The number of hydrogen-bond donors (Lipinski definition) is 2. The maximum Gasteiger partial charge on any atom is 0.243 e. The Bertz CT molecular complexity index is 772. The SMILES string of the molecule is NCC(NS(=O)(=O)c1cnc(-c2ccccc2)nc1)C1CCCCC1. The van der Waals surface area contributed by atoms with Gasteiger partial charge in [0.1, 0.15) is 4.90 Å².